The third-order valence-electron chi connectivity index (χ3n) is 6.75. The first-order valence-electron chi connectivity index (χ1n) is 10.9. The summed E-state index contributed by atoms with van der Waals surface area (Å²) in [5, 5.41) is 1.02. The summed E-state index contributed by atoms with van der Waals surface area (Å²) in [7, 11) is 1.81. The standard InChI is InChI=1S/C25H34N2O2/c1-5-16-25(3,6-2)27(24(29)19-12-8-7-9-13-19)18-21-17-20-14-10-11-15-22(20)26(4)23(21)28/h5,10-11,14-15,17,19H,1,6-9,12-13,16,18H2,2-4H3. The molecule has 0 N–H and O–H groups in total. The minimum Gasteiger partial charge on any atom is -0.332 e. The van der Waals surface area contributed by atoms with Gasteiger partial charge in [0.15, 0.2) is 0 Å². The van der Waals surface area contributed by atoms with Crippen molar-refractivity contribution in [3.63, 3.8) is 0 Å². The molecule has 1 saturated carbocycles. The number of aromatic nitrogens is 1. The highest BCUT2D eigenvalue weighted by Gasteiger charge is 2.37. The maximum Gasteiger partial charge on any atom is 0.255 e. The summed E-state index contributed by atoms with van der Waals surface area (Å²) in [6, 6.07) is 9.87. The number of rotatable bonds is 7. The summed E-state index contributed by atoms with van der Waals surface area (Å²) in [5.41, 5.74) is 1.23. The maximum absolute atomic E-state index is 13.6. The van der Waals surface area contributed by atoms with Crippen LogP contribution in [-0.4, -0.2) is 20.9 Å². The highest BCUT2D eigenvalue weighted by Crippen LogP contribution is 2.32. The molecule has 1 aromatic carbocycles. The molecule has 0 saturated heterocycles. The predicted molar refractivity (Wildman–Crippen MR) is 120 cm³/mol. The summed E-state index contributed by atoms with van der Waals surface area (Å²) < 4.78 is 1.70. The third-order valence-corrected chi connectivity index (χ3v) is 6.75. The van der Waals surface area contributed by atoms with E-state index >= 15 is 0 Å². The van der Waals surface area contributed by atoms with E-state index in [-0.39, 0.29) is 22.9 Å². The van der Waals surface area contributed by atoms with Crippen LogP contribution in [0, 0.1) is 5.92 Å². The minimum absolute atomic E-state index is 0.0257. The van der Waals surface area contributed by atoms with Crippen LogP contribution in [-0.2, 0) is 18.4 Å². The van der Waals surface area contributed by atoms with Crippen molar-refractivity contribution in [1.29, 1.82) is 0 Å². The first-order chi connectivity index (χ1) is 13.9. The summed E-state index contributed by atoms with van der Waals surface area (Å²) in [6.45, 7) is 8.52. The predicted octanol–water partition coefficient (Wildman–Crippen LogP) is 5.19. The number of carbonyl (C=O) groups excluding carboxylic acids is 1. The molecule has 1 fully saturated rings. The second-order valence-electron chi connectivity index (χ2n) is 8.70. The summed E-state index contributed by atoms with van der Waals surface area (Å²) in [4.78, 5) is 28.7. The lowest BCUT2D eigenvalue weighted by Crippen LogP contribution is -2.51. The Kier molecular flexibility index (Phi) is 6.61. The van der Waals surface area contributed by atoms with E-state index in [9.17, 15) is 9.59 Å². The van der Waals surface area contributed by atoms with Gasteiger partial charge in [-0.25, -0.2) is 0 Å². The zero-order valence-corrected chi connectivity index (χ0v) is 18.1. The molecule has 29 heavy (non-hydrogen) atoms. The molecule has 1 heterocycles. The SMILES string of the molecule is C=CCC(C)(CC)N(Cc1cc2ccccc2n(C)c1=O)C(=O)C1CCCCC1. The van der Waals surface area contributed by atoms with E-state index in [0.717, 1.165) is 49.4 Å². The number of hydrogen-bond acceptors (Lipinski definition) is 2. The van der Waals surface area contributed by atoms with Gasteiger partial charge in [0.2, 0.25) is 5.91 Å². The first kappa shape index (κ1) is 21.4. The topological polar surface area (TPSA) is 42.3 Å². The number of pyridine rings is 1. The average Bonchev–Trinajstić information content (AvgIpc) is 2.75. The molecule has 0 spiro atoms. The van der Waals surface area contributed by atoms with Gasteiger partial charge < -0.3 is 9.47 Å². The molecular weight excluding hydrogens is 360 g/mol. The summed E-state index contributed by atoms with van der Waals surface area (Å²) in [6.07, 6.45) is 8.80. The lowest BCUT2D eigenvalue weighted by atomic mass is 9.85. The highest BCUT2D eigenvalue weighted by molar-refractivity contribution is 5.81. The van der Waals surface area contributed by atoms with Gasteiger partial charge in [-0.3, -0.25) is 9.59 Å². The fourth-order valence-corrected chi connectivity index (χ4v) is 4.63. The average molecular weight is 395 g/mol. The number of nitrogens with zero attached hydrogens (tertiary/aromatic N) is 2. The number of aryl methyl sites for hydroxylation is 1. The van der Waals surface area contributed by atoms with Crippen LogP contribution in [0.2, 0.25) is 0 Å². The van der Waals surface area contributed by atoms with Crippen molar-refractivity contribution in [3.8, 4) is 0 Å². The first-order valence-corrected chi connectivity index (χ1v) is 10.9. The van der Waals surface area contributed by atoms with Crippen molar-refractivity contribution in [2.75, 3.05) is 0 Å². The van der Waals surface area contributed by atoms with Gasteiger partial charge in [0.1, 0.15) is 0 Å². The Bertz CT molecular complexity index is 939. The van der Waals surface area contributed by atoms with Crippen LogP contribution < -0.4 is 5.56 Å². The van der Waals surface area contributed by atoms with Gasteiger partial charge in [0, 0.05) is 24.1 Å². The fraction of sp³-hybridized carbons (Fsp3) is 0.520. The molecule has 4 nitrogen and oxygen atoms in total. The summed E-state index contributed by atoms with van der Waals surface area (Å²) in [5.74, 6) is 0.273. The largest absolute Gasteiger partial charge is 0.332 e. The van der Waals surface area contributed by atoms with Crippen LogP contribution in [0.1, 0.15) is 64.4 Å². The molecule has 0 bridgehead atoms. The number of para-hydroxylation sites is 1. The van der Waals surface area contributed by atoms with Crippen LogP contribution in [0.25, 0.3) is 10.9 Å². The van der Waals surface area contributed by atoms with E-state index in [1.165, 1.54) is 6.42 Å². The zero-order valence-electron chi connectivity index (χ0n) is 18.1. The van der Waals surface area contributed by atoms with Crippen molar-refractivity contribution in [3.05, 3.63) is 58.9 Å². The maximum atomic E-state index is 13.6. The van der Waals surface area contributed by atoms with Gasteiger partial charge in [-0.05, 0) is 50.1 Å². The highest BCUT2D eigenvalue weighted by atomic mass is 16.2. The molecule has 1 amide bonds. The monoisotopic (exact) mass is 394 g/mol. The van der Waals surface area contributed by atoms with E-state index in [2.05, 4.69) is 20.4 Å². The van der Waals surface area contributed by atoms with Gasteiger partial charge in [0.05, 0.1) is 12.1 Å². The van der Waals surface area contributed by atoms with Crippen LogP contribution in [0.15, 0.2) is 47.8 Å². The zero-order chi connectivity index (χ0) is 21.0. The van der Waals surface area contributed by atoms with Gasteiger partial charge in [-0.15, -0.1) is 6.58 Å². The molecule has 1 aliphatic rings. The number of benzene rings is 1. The van der Waals surface area contributed by atoms with E-state index in [1.807, 2.05) is 48.4 Å². The van der Waals surface area contributed by atoms with Gasteiger partial charge in [0.25, 0.3) is 5.56 Å². The lowest BCUT2D eigenvalue weighted by molar-refractivity contribution is -0.143. The molecular formula is C25H34N2O2. The number of carbonyl (C=O) groups is 1. The van der Waals surface area contributed by atoms with Crippen molar-refractivity contribution in [1.82, 2.24) is 9.47 Å². The van der Waals surface area contributed by atoms with E-state index in [0.29, 0.717) is 12.1 Å². The van der Waals surface area contributed by atoms with Crippen LogP contribution in [0.5, 0.6) is 0 Å². The van der Waals surface area contributed by atoms with Crippen molar-refractivity contribution < 1.29 is 4.79 Å². The third kappa shape index (κ3) is 4.31. The molecule has 0 aliphatic heterocycles. The number of fused-ring (bicyclic) bond motifs is 1. The molecule has 0 radical (unpaired) electrons. The molecule has 1 atom stereocenters. The molecule has 156 valence electrons. The second-order valence-corrected chi connectivity index (χ2v) is 8.70. The van der Waals surface area contributed by atoms with Crippen molar-refractivity contribution in [2.45, 2.75) is 70.9 Å². The summed E-state index contributed by atoms with van der Waals surface area (Å²) >= 11 is 0. The van der Waals surface area contributed by atoms with Gasteiger partial charge >= 0.3 is 0 Å². The van der Waals surface area contributed by atoms with Crippen molar-refractivity contribution in [2.24, 2.45) is 13.0 Å². The second kappa shape index (κ2) is 8.98. The molecule has 2 aromatic rings. The molecule has 1 aliphatic carbocycles. The molecule has 4 heteroatoms. The van der Waals surface area contributed by atoms with Gasteiger partial charge in [-0.2, -0.15) is 0 Å². The van der Waals surface area contributed by atoms with E-state index in [1.54, 1.807) is 4.57 Å². The Labute approximate surface area is 174 Å². The quantitative estimate of drug-likeness (QED) is 0.606. The van der Waals surface area contributed by atoms with E-state index < -0.39 is 0 Å². The van der Waals surface area contributed by atoms with Gasteiger partial charge in [-0.1, -0.05) is 50.5 Å². The fourth-order valence-electron chi connectivity index (χ4n) is 4.63. The van der Waals surface area contributed by atoms with Crippen molar-refractivity contribution >= 4 is 16.8 Å². The molecule has 1 unspecified atom stereocenters. The van der Waals surface area contributed by atoms with Crippen LogP contribution in [0.3, 0.4) is 0 Å². The van der Waals surface area contributed by atoms with E-state index in [4.69, 9.17) is 0 Å². The Balaban J connectivity index is 2.04. The molecule has 3 rings (SSSR count). The smallest absolute Gasteiger partial charge is 0.255 e. The van der Waals surface area contributed by atoms with Crippen LogP contribution >= 0.6 is 0 Å². The van der Waals surface area contributed by atoms with Crippen LogP contribution in [0.4, 0.5) is 0 Å². The Morgan fingerprint density at radius 3 is 2.62 bits per heavy atom. The lowest BCUT2D eigenvalue weighted by Gasteiger charge is -2.43. The Hall–Kier alpha value is -2.36. The number of hydrogen-bond donors (Lipinski definition) is 0. The normalized spacial score (nSPS) is 17.1. The molecule has 1 aromatic heterocycles. The minimum atomic E-state index is -0.340. The Morgan fingerprint density at radius 1 is 1.28 bits per heavy atom. The Morgan fingerprint density at radius 2 is 1.97 bits per heavy atom. The number of amides is 1.